The van der Waals surface area contributed by atoms with Crippen LogP contribution in [0.4, 0.5) is 0 Å². The molecule has 3 rings (SSSR count). The van der Waals surface area contributed by atoms with Gasteiger partial charge >= 0.3 is 0 Å². The van der Waals surface area contributed by atoms with Gasteiger partial charge in [-0.15, -0.1) is 0 Å². The van der Waals surface area contributed by atoms with Gasteiger partial charge in [0.05, 0.1) is 5.56 Å². The Kier molecular flexibility index (Phi) is 3.63. The topological polar surface area (TPSA) is 87.9 Å². The molecule has 2 aromatic rings. The summed E-state index contributed by atoms with van der Waals surface area (Å²) in [6.07, 6.45) is 3.57. The summed E-state index contributed by atoms with van der Waals surface area (Å²) < 4.78 is 0. The van der Waals surface area contributed by atoms with E-state index in [1.807, 2.05) is 24.8 Å². The highest BCUT2D eigenvalue weighted by molar-refractivity contribution is 5.97. The zero-order chi connectivity index (χ0) is 15.0. The molecular weight excluding hydrogens is 266 g/mol. The fourth-order valence-corrected chi connectivity index (χ4v) is 2.95. The fraction of sp³-hybridized carbons (Fsp3) is 0.533. The quantitative estimate of drug-likeness (QED) is 0.875. The molecule has 3 heterocycles. The number of piperidine rings is 1. The van der Waals surface area contributed by atoms with Crippen molar-refractivity contribution in [2.75, 3.05) is 13.1 Å². The number of pyridine rings is 1. The van der Waals surface area contributed by atoms with Crippen molar-refractivity contribution in [3.8, 4) is 0 Å². The van der Waals surface area contributed by atoms with Crippen LogP contribution in [0.1, 0.15) is 35.8 Å². The van der Waals surface area contributed by atoms with Crippen LogP contribution in [0.3, 0.4) is 0 Å². The number of fused-ring (bicyclic) bond motifs is 1. The number of hydrogen-bond donors (Lipinski definition) is 2. The van der Waals surface area contributed by atoms with Crippen molar-refractivity contribution in [1.29, 1.82) is 0 Å². The summed E-state index contributed by atoms with van der Waals surface area (Å²) in [5.74, 6) is 0.568. The smallest absolute Gasteiger partial charge is 0.255 e. The summed E-state index contributed by atoms with van der Waals surface area (Å²) in [5, 5.41) is 7.88. The molecule has 6 heteroatoms. The molecule has 0 radical (unpaired) electrons. The minimum atomic E-state index is 0.0492. The van der Waals surface area contributed by atoms with E-state index in [0.29, 0.717) is 17.1 Å². The number of amides is 1. The van der Waals surface area contributed by atoms with Gasteiger partial charge in [0.15, 0.2) is 5.65 Å². The first-order valence-corrected chi connectivity index (χ1v) is 7.42. The number of carbonyl (C=O) groups excluding carboxylic acids is 1. The van der Waals surface area contributed by atoms with E-state index in [-0.39, 0.29) is 11.9 Å². The third-order valence-corrected chi connectivity index (χ3v) is 4.42. The third kappa shape index (κ3) is 2.63. The van der Waals surface area contributed by atoms with Gasteiger partial charge in [-0.25, -0.2) is 4.98 Å². The Morgan fingerprint density at radius 3 is 2.86 bits per heavy atom. The van der Waals surface area contributed by atoms with Crippen LogP contribution >= 0.6 is 0 Å². The molecule has 1 unspecified atom stereocenters. The first-order chi connectivity index (χ1) is 10.1. The second-order valence-corrected chi connectivity index (χ2v) is 5.93. The molecular formula is C15H21N5O. The van der Waals surface area contributed by atoms with Crippen molar-refractivity contribution in [3.05, 3.63) is 23.5 Å². The number of aromatic nitrogens is 3. The van der Waals surface area contributed by atoms with E-state index in [1.165, 1.54) is 0 Å². The number of nitrogens with one attached hydrogen (secondary N) is 1. The Morgan fingerprint density at radius 1 is 1.48 bits per heavy atom. The number of aromatic amines is 1. The lowest BCUT2D eigenvalue weighted by Gasteiger charge is -2.33. The molecule has 1 fully saturated rings. The third-order valence-electron chi connectivity index (χ3n) is 4.42. The number of H-pyrrole nitrogens is 1. The van der Waals surface area contributed by atoms with Crippen molar-refractivity contribution in [1.82, 2.24) is 20.1 Å². The van der Waals surface area contributed by atoms with Gasteiger partial charge in [0.1, 0.15) is 0 Å². The Labute approximate surface area is 123 Å². The lowest BCUT2D eigenvalue weighted by atomic mass is 9.91. The highest BCUT2D eigenvalue weighted by atomic mass is 16.2. The van der Waals surface area contributed by atoms with E-state index in [9.17, 15) is 4.79 Å². The SMILES string of the molecule is Cc1[nH]nc2ncc(C(=O)N3CCC(C(C)N)CC3)cc12. The van der Waals surface area contributed by atoms with Gasteiger partial charge in [-0.3, -0.25) is 9.89 Å². The van der Waals surface area contributed by atoms with E-state index in [1.54, 1.807) is 6.20 Å². The molecule has 1 saturated heterocycles. The fourth-order valence-electron chi connectivity index (χ4n) is 2.95. The molecule has 1 amide bonds. The molecule has 0 aromatic carbocycles. The van der Waals surface area contributed by atoms with Crippen molar-refractivity contribution in [2.45, 2.75) is 32.7 Å². The summed E-state index contributed by atoms with van der Waals surface area (Å²) in [5.41, 5.74) is 8.16. The van der Waals surface area contributed by atoms with Crippen LogP contribution < -0.4 is 5.73 Å². The zero-order valence-electron chi connectivity index (χ0n) is 12.5. The predicted molar refractivity (Wildman–Crippen MR) is 80.9 cm³/mol. The van der Waals surface area contributed by atoms with Crippen LogP contribution in [0.2, 0.25) is 0 Å². The summed E-state index contributed by atoms with van der Waals surface area (Å²) in [6.45, 7) is 5.52. The van der Waals surface area contributed by atoms with E-state index < -0.39 is 0 Å². The molecule has 3 N–H and O–H groups in total. The second-order valence-electron chi connectivity index (χ2n) is 5.93. The molecule has 0 spiro atoms. The second kappa shape index (κ2) is 5.44. The number of likely N-dealkylation sites (tertiary alicyclic amines) is 1. The number of hydrogen-bond acceptors (Lipinski definition) is 4. The highest BCUT2D eigenvalue weighted by Crippen LogP contribution is 2.22. The number of nitrogens with two attached hydrogens (primary N) is 1. The van der Waals surface area contributed by atoms with Crippen LogP contribution in [0.15, 0.2) is 12.3 Å². The first-order valence-electron chi connectivity index (χ1n) is 7.42. The van der Waals surface area contributed by atoms with Gasteiger partial charge in [0, 0.05) is 36.4 Å². The average Bonchev–Trinajstić information content (AvgIpc) is 2.87. The zero-order valence-corrected chi connectivity index (χ0v) is 12.5. The number of rotatable bonds is 2. The van der Waals surface area contributed by atoms with Gasteiger partial charge in [-0.2, -0.15) is 5.10 Å². The van der Waals surface area contributed by atoms with Crippen LogP contribution in [0, 0.1) is 12.8 Å². The summed E-state index contributed by atoms with van der Waals surface area (Å²) >= 11 is 0. The average molecular weight is 287 g/mol. The number of carbonyl (C=O) groups is 1. The molecule has 0 bridgehead atoms. The maximum Gasteiger partial charge on any atom is 0.255 e. The normalized spacial score (nSPS) is 18.1. The first kappa shape index (κ1) is 14.0. The largest absolute Gasteiger partial charge is 0.339 e. The van der Waals surface area contributed by atoms with Crippen molar-refractivity contribution in [3.63, 3.8) is 0 Å². The predicted octanol–water partition coefficient (Wildman–Crippen LogP) is 1.47. The number of aryl methyl sites for hydroxylation is 1. The highest BCUT2D eigenvalue weighted by Gasteiger charge is 2.25. The molecule has 1 aliphatic heterocycles. The van der Waals surface area contributed by atoms with Crippen LogP contribution in [0.5, 0.6) is 0 Å². The van der Waals surface area contributed by atoms with Gasteiger partial charge in [-0.1, -0.05) is 0 Å². The van der Waals surface area contributed by atoms with Gasteiger partial charge < -0.3 is 10.6 Å². The van der Waals surface area contributed by atoms with Crippen LogP contribution in [-0.4, -0.2) is 45.1 Å². The monoisotopic (exact) mass is 287 g/mol. The van der Waals surface area contributed by atoms with E-state index in [0.717, 1.165) is 37.0 Å². The minimum Gasteiger partial charge on any atom is -0.339 e. The molecule has 1 aliphatic rings. The molecule has 0 saturated carbocycles. The summed E-state index contributed by atoms with van der Waals surface area (Å²) in [7, 11) is 0. The lowest BCUT2D eigenvalue weighted by Crippen LogP contribution is -2.42. The van der Waals surface area contributed by atoms with Crippen molar-refractivity contribution < 1.29 is 4.79 Å². The number of nitrogens with zero attached hydrogens (tertiary/aromatic N) is 3. The van der Waals surface area contributed by atoms with Crippen LogP contribution in [-0.2, 0) is 0 Å². The van der Waals surface area contributed by atoms with Crippen molar-refractivity contribution in [2.24, 2.45) is 11.7 Å². The van der Waals surface area contributed by atoms with E-state index in [4.69, 9.17) is 5.73 Å². The van der Waals surface area contributed by atoms with Gasteiger partial charge in [0.2, 0.25) is 0 Å². The molecule has 21 heavy (non-hydrogen) atoms. The Morgan fingerprint density at radius 2 is 2.19 bits per heavy atom. The summed E-state index contributed by atoms with van der Waals surface area (Å²) in [6, 6.07) is 2.08. The van der Waals surface area contributed by atoms with E-state index >= 15 is 0 Å². The molecule has 112 valence electrons. The standard InChI is InChI=1S/C15H21N5O/c1-9(16)11-3-5-20(6-4-11)15(21)12-7-13-10(2)18-19-14(13)17-8-12/h7-9,11H,3-6,16H2,1-2H3,(H,17,18,19). The lowest BCUT2D eigenvalue weighted by molar-refractivity contribution is 0.0681. The molecule has 6 nitrogen and oxygen atoms in total. The maximum absolute atomic E-state index is 12.6. The summed E-state index contributed by atoms with van der Waals surface area (Å²) in [4.78, 5) is 18.7. The Bertz CT molecular complexity index is 655. The van der Waals surface area contributed by atoms with Crippen LogP contribution in [0.25, 0.3) is 11.0 Å². The van der Waals surface area contributed by atoms with E-state index in [2.05, 4.69) is 15.2 Å². The maximum atomic E-state index is 12.6. The molecule has 0 aliphatic carbocycles. The molecule has 2 aromatic heterocycles. The van der Waals surface area contributed by atoms with Gasteiger partial charge in [-0.05, 0) is 38.7 Å². The molecule has 1 atom stereocenters. The Hall–Kier alpha value is -1.95. The Balaban J connectivity index is 1.76. The van der Waals surface area contributed by atoms with Crippen molar-refractivity contribution >= 4 is 16.9 Å². The van der Waals surface area contributed by atoms with Gasteiger partial charge in [0.25, 0.3) is 5.91 Å². The minimum absolute atomic E-state index is 0.0492.